The van der Waals surface area contributed by atoms with Crippen LogP contribution in [0, 0.1) is 13.8 Å². The predicted molar refractivity (Wildman–Crippen MR) is 69.3 cm³/mol. The van der Waals surface area contributed by atoms with Gasteiger partial charge in [-0.05, 0) is 31.9 Å². The van der Waals surface area contributed by atoms with Gasteiger partial charge in [0.2, 0.25) is 0 Å². The monoisotopic (exact) mass is 236 g/mol. The van der Waals surface area contributed by atoms with Crippen LogP contribution in [0.2, 0.25) is 0 Å². The van der Waals surface area contributed by atoms with Gasteiger partial charge < -0.3 is 10.2 Å². The molecule has 0 unspecified atom stereocenters. The lowest BCUT2D eigenvalue weighted by Crippen LogP contribution is -2.29. The third-order valence-corrected chi connectivity index (χ3v) is 4.58. The van der Waals surface area contributed by atoms with E-state index in [-0.39, 0.29) is 0 Å². The van der Waals surface area contributed by atoms with Crippen molar-refractivity contribution in [1.82, 2.24) is 0 Å². The highest BCUT2D eigenvalue weighted by atomic mass is 28.3. The van der Waals surface area contributed by atoms with Crippen LogP contribution in [0.5, 0.6) is 0 Å². The molecule has 0 atom stereocenters. The molecule has 1 aromatic rings. The highest BCUT2D eigenvalue weighted by molar-refractivity contribution is 6.57. The first kappa shape index (κ1) is 13.1. The van der Waals surface area contributed by atoms with Crippen molar-refractivity contribution in [3.05, 3.63) is 29.3 Å². The van der Waals surface area contributed by atoms with E-state index >= 15 is 0 Å². The molecule has 0 aliphatic heterocycles. The summed E-state index contributed by atoms with van der Waals surface area (Å²) in [5.74, 6) is 0. The van der Waals surface area contributed by atoms with Crippen LogP contribution in [0.15, 0.2) is 22.8 Å². The molecule has 16 heavy (non-hydrogen) atoms. The Balaban J connectivity index is 3.05. The molecule has 0 amide bonds. The summed E-state index contributed by atoms with van der Waals surface area (Å²) in [4.78, 5) is 0. The van der Waals surface area contributed by atoms with Crippen molar-refractivity contribution in [2.75, 3.05) is 19.7 Å². The summed E-state index contributed by atoms with van der Waals surface area (Å²) in [5, 5.41) is 1.25. The van der Waals surface area contributed by atoms with Crippen LogP contribution in [0.1, 0.15) is 18.1 Å². The zero-order chi connectivity index (χ0) is 12.0. The van der Waals surface area contributed by atoms with Crippen molar-refractivity contribution in [3.8, 4) is 0 Å². The standard InChI is InChI=1S/C12H20N2OSi/c1-4-15-16(14-9-8-13)12-7-5-6-10(2)11(12)3/h5-7H,4,8-9,13H2,1-3H3. The maximum absolute atomic E-state index is 5.75. The van der Waals surface area contributed by atoms with Crippen molar-refractivity contribution in [1.29, 1.82) is 0 Å². The van der Waals surface area contributed by atoms with Crippen molar-refractivity contribution in [2.24, 2.45) is 10.4 Å². The lowest BCUT2D eigenvalue weighted by Gasteiger charge is -2.10. The Morgan fingerprint density at radius 3 is 2.75 bits per heavy atom. The number of benzene rings is 1. The van der Waals surface area contributed by atoms with E-state index in [1.54, 1.807) is 0 Å². The highest BCUT2D eigenvalue weighted by Crippen LogP contribution is 2.03. The van der Waals surface area contributed by atoms with E-state index in [0.717, 1.165) is 0 Å². The van der Waals surface area contributed by atoms with E-state index in [2.05, 4.69) is 36.7 Å². The van der Waals surface area contributed by atoms with Crippen LogP contribution >= 0.6 is 0 Å². The molecule has 1 aromatic carbocycles. The number of hydrogen-bond donors (Lipinski definition) is 1. The van der Waals surface area contributed by atoms with Crippen LogP contribution in [-0.4, -0.2) is 28.5 Å². The molecule has 0 aliphatic rings. The van der Waals surface area contributed by atoms with Gasteiger partial charge in [0.1, 0.15) is 0 Å². The Morgan fingerprint density at radius 1 is 1.38 bits per heavy atom. The molecule has 2 N–H and O–H groups in total. The second-order valence-corrected chi connectivity index (χ2v) is 5.41. The molecule has 4 heteroatoms. The van der Waals surface area contributed by atoms with Crippen LogP contribution in [0.4, 0.5) is 0 Å². The van der Waals surface area contributed by atoms with E-state index in [1.165, 1.54) is 16.3 Å². The first-order chi connectivity index (χ1) is 7.70. The van der Waals surface area contributed by atoms with Gasteiger partial charge in [-0.1, -0.05) is 18.2 Å². The minimum Gasteiger partial charge on any atom is -0.535 e. The summed E-state index contributed by atoms with van der Waals surface area (Å²) >= 11 is 0. The Kier molecular flexibility index (Phi) is 5.35. The zero-order valence-electron chi connectivity index (χ0n) is 10.3. The summed E-state index contributed by atoms with van der Waals surface area (Å²) < 4.78 is 10.3. The second-order valence-electron chi connectivity index (χ2n) is 3.66. The van der Waals surface area contributed by atoms with Crippen molar-refractivity contribution >= 4 is 14.0 Å². The summed E-state index contributed by atoms with van der Waals surface area (Å²) in [6.45, 7) is 8.23. The molecule has 0 radical (unpaired) electrons. The average molecular weight is 236 g/mol. The quantitative estimate of drug-likeness (QED) is 0.783. The fraction of sp³-hybridized carbons (Fsp3) is 0.500. The lowest BCUT2D eigenvalue weighted by atomic mass is 10.1. The van der Waals surface area contributed by atoms with Gasteiger partial charge in [0.25, 0.3) is 0 Å². The van der Waals surface area contributed by atoms with Crippen molar-refractivity contribution < 1.29 is 4.43 Å². The number of nitrogens with two attached hydrogens (primary N) is 1. The van der Waals surface area contributed by atoms with Crippen molar-refractivity contribution in [2.45, 2.75) is 20.8 Å². The average Bonchev–Trinajstić information content (AvgIpc) is 2.28. The molecule has 0 saturated heterocycles. The number of nitrogens with zero attached hydrogens (tertiary/aromatic N) is 1. The maximum Gasteiger partial charge on any atom is 0.389 e. The summed E-state index contributed by atoms with van der Waals surface area (Å²) in [7, 11) is -1.24. The number of aryl methyl sites for hydroxylation is 1. The smallest absolute Gasteiger partial charge is 0.389 e. The van der Waals surface area contributed by atoms with Gasteiger partial charge in [-0.25, -0.2) is 0 Å². The zero-order valence-corrected chi connectivity index (χ0v) is 11.3. The van der Waals surface area contributed by atoms with Crippen LogP contribution in [0.25, 0.3) is 0 Å². The topological polar surface area (TPSA) is 47.6 Å². The fourth-order valence-corrected chi connectivity index (χ4v) is 3.27. The van der Waals surface area contributed by atoms with E-state index < -0.39 is 8.83 Å². The Morgan fingerprint density at radius 2 is 2.12 bits per heavy atom. The number of rotatable bonds is 5. The molecule has 1 rings (SSSR count). The molecule has 3 nitrogen and oxygen atoms in total. The first-order valence-electron chi connectivity index (χ1n) is 5.64. The lowest BCUT2D eigenvalue weighted by molar-refractivity contribution is 0.357. The Hall–Kier alpha value is -1.00. The minimum absolute atomic E-state index is 0.589. The van der Waals surface area contributed by atoms with E-state index in [9.17, 15) is 0 Å². The minimum atomic E-state index is -1.24. The van der Waals surface area contributed by atoms with Crippen LogP contribution in [0.3, 0.4) is 0 Å². The Labute approximate surface area is 99.1 Å². The van der Waals surface area contributed by atoms with Gasteiger partial charge in [0.05, 0.1) is 6.61 Å². The van der Waals surface area contributed by atoms with Gasteiger partial charge in [-0.3, -0.25) is 4.63 Å². The summed E-state index contributed by atoms with van der Waals surface area (Å²) in [6.07, 6.45) is 0. The summed E-state index contributed by atoms with van der Waals surface area (Å²) in [5.41, 5.74) is 8.08. The highest BCUT2D eigenvalue weighted by Gasteiger charge is 2.11. The van der Waals surface area contributed by atoms with Gasteiger partial charge >= 0.3 is 8.83 Å². The normalized spacial score (nSPS) is 11.6. The largest absolute Gasteiger partial charge is 0.535 e. The molecular formula is C12H20N2OSi. The molecular weight excluding hydrogens is 216 g/mol. The molecule has 0 spiro atoms. The Bertz CT molecular complexity index is 377. The second kappa shape index (κ2) is 6.55. The summed E-state index contributed by atoms with van der Waals surface area (Å²) in [6, 6.07) is 6.30. The van der Waals surface area contributed by atoms with Gasteiger partial charge in [-0.2, -0.15) is 0 Å². The van der Waals surface area contributed by atoms with E-state index in [4.69, 9.17) is 10.2 Å². The maximum atomic E-state index is 5.75. The van der Waals surface area contributed by atoms with Gasteiger partial charge in [0, 0.05) is 18.3 Å². The van der Waals surface area contributed by atoms with Gasteiger partial charge in [0.15, 0.2) is 0 Å². The van der Waals surface area contributed by atoms with Gasteiger partial charge in [-0.15, -0.1) is 0 Å². The predicted octanol–water partition coefficient (Wildman–Crippen LogP) is 1.26. The molecule has 88 valence electrons. The molecule has 0 heterocycles. The SMILES string of the molecule is CCO[Si](=NCCN)c1cccc(C)c1C. The van der Waals surface area contributed by atoms with Crippen molar-refractivity contribution in [3.63, 3.8) is 0 Å². The van der Waals surface area contributed by atoms with Crippen LogP contribution in [-0.2, 0) is 4.43 Å². The fourth-order valence-electron chi connectivity index (χ4n) is 1.49. The van der Waals surface area contributed by atoms with E-state index in [0.29, 0.717) is 19.7 Å². The molecule has 0 fully saturated rings. The molecule has 0 aliphatic carbocycles. The third-order valence-electron chi connectivity index (χ3n) is 2.50. The first-order valence-corrected chi connectivity index (χ1v) is 7.00. The number of hydrogen-bond acceptors (Lipinski definition) is 3. The van der Waals surface area contributed by atoms with E-state index in [1.807, 2.05) is 6.92 Å². The molecule has 0 aromatic heterocycles. The molecule has 0 saturated carbocycles. The van der Waals surface area contributed by atoms with Crippen LogP contribution < -0.4 is 10.9 Å². The third kappa shape index (κ3) is 3.25. The molecule has 0 bridgehead atoms.